The van der Waals surface area contributed by atoms with Crippen LogP contribution < -0.4 is 5.32 Å². The van der Waals surface area contributed by atoms with Crippen LogP contribution in [0.1, 0.15) is 44.1 Å². The fourth-order valence-corrected chi connectivity index (χ4v) is 8.67. The van der Waals surface area contributed by atoms with Crippen molar-refractivity contribution in [3.63, 3.8) is 0 Å². The molecule has 1 aromatic rings. The first-order chi connectivity index (χ1) is 12.0. The zero-order valence-electron chi connectivity index (χ0n) is 14.9. The first-order valence-corrected chi connectivity index (χ1v) is 9.92. The molecule has 0 amide bonds. The summed E-state index contributed by atoms with van der Waals surface area (Å²) in [6, 6.07) is 9.33. The van der Waals surface area contributed by atoms with Crippen molar-refractivity contribution in [2.75, 3.05) is 25.5 Å². The standard InChI is InChI=1S/C21H26N2O2/c1-23-11-4-7-19-8-9-21(15(13-19)17(24)25)20(10-12-23,18(19)23)14-5-2-3-6-16(14)22-21/h2-3,5-6,15,18,22H,4,7-13H2,1H3/p+1/t15-,18-,19+,20+,21+,23?/m0/s1. The third-order valence-corrected chi connectivity index (χ3v) is 9.11. The Bertz CT molecular complexity index is 809. The molecule has 132 valence electrons. The predicted molar refractivity (Wildman–Crippen MR) is 95.4 cm³/mol. The van der Waals surface area contributed by atoms with E-state index in [2.05, 4.69) is 36.6 Å². The van der Waals surface area contributed by atoms with E-state index in [4.69, 9.17) is 0 Å². The molecule has 3 spiro atoms. The molecule has 1 unspecified atom stereocenters. The van der Waals surface area contributed by atoms with Crippen LogP contribution in [0, 0.1) is 11.3 Å². The van der Waals surface area contributed by atoms with Gasteiger partial charge in [-0.1, -0.05) is 18.2 Å². The molecule has 2 N–H and O–H groups in total. The minimum atomic E-state index is -0.580. The zero-order valence-corrected chi connectivity index (χ0v) is 14.9. The Labute approximate surface area is 148 Å². The molecule has 3 aliphatic heterocycles. The van der Waals surface area contributed by atoms with Gasteiger partial charge in [-0.25, -0.2) is 0 Å². The van der Waals surface area contributed by atoms with Crippen molar-refractivity contribution in [2.24, 2.45) is 11.3 Å². The van der Waals surface area contributed by atoms with Crippen LogP contribution in [0.15, 0.2) is 24.3 Å². The number of hydrogen-bond acceptors (Lipinski definition) is 2. The summed E-state index contributed by atoms with van der Waals surface area (Å²) < 4.78 is 1.17. The van der Waals surface area contributed by atoms with Crippen LogP contribution in [0.5, 0.6) is 0 Å². The lowest BCUT2D eigenvalue weighted by atomic mass is 9.38. The summed E-state index contributed by atoms with van der Waals surface area (Å²) in [5.41, 5.74) is 2.61. The van der Waals surface area contributed by atoms with E-state index in [1.54, 1.807) is 0 Å². The largest absolute Gasteiger partial charge is 0.481 e. The quantitative estimate of drug-likeness (QED) is 0.774. The summed E-state index contributed by atoms with van der Waals surface area (Å²) in [6.45, 7) is 2.47. The molecule has 5 fully saturated rings. The topological polar surface area (TPSA) is 49.3 Å². The van der Waals surface area contributed by atoms with Crippen molar-refractivity contribution < 1.29 is 14.4 Å². The van der Waals surface area contributed by atoms with Gasteiger partial charge in [0.05, 0.1) is 37.0 Å². The van der Waals surface area contributed by atoms with Crippen molar-refractivity contribution >= 4 is 11.7 Å². The number of nitrogens with zero attached hydrogens (tertiary/aromatic N) is 1. The van der Waals surface area contributed by atoms with Crippen LogP contribution in [0.2, 0.25) is 0 Å². The van der Waals surface area contributed by atoms with E-state index in [1.807, 2.05) is 0 Å². The number of anilines is 1. The Kier molecular flexibility index (Phi) is 2.37. The van der Waals surface area contributed by atoms with Crippen LogP contribution in [-0.4, -0.2) is 47.3 Å². The number of aliphatic carboxylic acids is 1. The summed E-state index contributed by atoms with van der Waals surface area (Å²) in [5.74, 6) is -0.835. The van der Waals surface area contributed by atoms with Crippen LogP contribution in [-0.2, 0) is 10.2 Å². The number of piperidine rings is 1. The van der Waals surface area contributed by atoms with Gasteiger partial charge in [0.2, 0.25) is 0 Å². The normalized spacial score (nSPS) is 51.4. The highest BCUT2D eigenvalue weighted by Gasteiger charge is 2.83. The highest BCUT2D eigenvalue weighted by Crippen LogP contribution is 2.75. The average Bonchev–Trinajstić information content (AvgIpc) is 3.09. The molecule has 7 rings (SSSR count). The van der Waals surface area contributed by atoms with Gasteiger partial charge in [-0.15, -0.1) is 0 Å². The summed E-state index contributed by atoms with van der Waals surface area (Å²) in [7, 11) is 2.46. The first kappa shape index (κ1) is 14.6. The number of nitrogens with one attached hydrogen (secondary N) is 1. The number of carboxylic acid groups (broad SMARTS) is 1. The van der Waals surface area contributed by atoms with E-state index in [9.17, 15) is 9.90 Å². The molecule has 2 bridgehead atoms. The molecule has 3 heterocycles. The van der Waals surface area contributed by atoms with Crippen molar-refractivity contribution in [3.05, 3.63) is 29.8 Å². The molecule has 2 saturated heterocycles. The number of carbonyl (C=O) groups is 1. The van der Waals surface area contributed by atoms with E-state index in [0.29, 0.717) is 6.04 Å². The van der Waals surface area contributed by atoms with Crippen molar-refractivity contribution in [2.45, 2.75) is 55.5 Å². The summed E-state index contributed by atoms with van der Waals surface area (Å²) in [4.78, 5) is 12.4. The van der Waals surface area contributed by atoms with E-state index in [-0.39, 0.29) is 22.3 Å². The Morgan fingerprint density at radius 2 is 2.04 bits per heavy atom. The highest BCUT2D eigenvalue weighted by molar-refractivity contribution is 5.79. The molecule has 6 aliphatic rings. The van der Waals surface area contributed by atoms with Gasteiger partial charge >= 0.3 is 5.97 Å². The number of quaternary nitrogens is 1. The van der Waals surface area contributed by atoms with Gasteiger partial charge in [0.25, 0.3) is 0 Å². The Balaban J connectivity index is 1.69. The fourth-order valence-electron chi connectivity index (χ4n) is 8.67. The second-order valence-electron chi connectivity index (χ2n) is 9.75. The molecule has 3 saturated carbocycles. The highest BCUT2D eigenvalue weighted by atomic mass is 16.4. The predicted octanol–water partition coefficient (Wildman–Crippen LogP) is 2.99. The average molecular weight is 339 g/mol. The molecule has 0 radical (unpaired) electrons. The van der Waals surface area contributed by atoms with E-state index >= 15 is 0 Å². The lowest BCUT2D eigenvalue weighted by Crippen LogP contribution is -2.79. The Morgan fingerprint density at radius 3 is 2.88 bits per heavy atom. The van der Waals surface area contributed by atoms with Gasteiger partial charge in [-0.05, 0) is 43.7 Å². The molecule has 3 aliphatic carbocycles. The van der Waals surface area contributed by atoms with Crippen LogP contribution in [0.3, 0.4) is 0 Å². The van der Waals surface area contributed by atoms with E-state index in [1.165, 1.54) is 48.1 Å². The molecule has 4 nitrogen and oxygen atoms in total. The Hall–Kier alpha value is -1.55. The molecule has 1 aromatic carbocycles. The number of fused-ring (bicyclic) bond motifs is 3. The third kappa shape index (κ3) is 1.32. The number of benzene rings is 1. The zero-order chi connectivity index (χ0) is 17.1. The molecule has 25 heavy (non-hydrogen) atoms. The monoisotopic (exact) mass is 339 g/mol. The van der Waals surface area contributed by atoms with E-state index in [0.717, 1.165) is 19.3 Å². The number of carboxylic acids is 1. The molecular formula is C21H27N2O2+. The van der Waals surface area contributed by atoms with Gasteiger partial charge < -0.3 is 14.9 Å². The lowest BCUT2D eigenvalue weighted by molar-refractivity contribution is -0.939. The van der Waals surface area contributed by atoms with Crippen LogP contribution in [0.4, 0.5) is 5.69 Å². The van der Waals surface area contributed by atoms with Gasteiger partial charge in [0.1, 0.15) is 6.04 Å². The SMILES string of the molecule is C[N+]12CCC[C@]34CC[C@@]5(Nc6ccccc6[C@]5(CC1)[C@H]32)[C@H](C(=O)O)C4. The Morgan fingerprint density at radius 1 is 1.20 bits per heavy atom. The second kappa shape index (κ2) is 4.06. The second-order valence-corrected chi connectivity index (χ2v) is 9.75. The fraction of sp³-hybridized carbons (Fsp3) is 0.667. The maximum Gasteiger partial charge on any atom is 0.308 e. The van der Waals surface area contributed by atoms with Gasteiger partial charge in [0, 0.05) is 17.5 Å². The number of hydrogen-bond donors (Lipinski definition) is 2. The summed E-state index contributed by atoms with van der Waals surface area (Å²) >= 11 is 0. The van der Waals surface area contributed by atoms with Gasteiger partial charge in [0.15, 0.2) is 0 Å². The van der Waals surface area contributed by atoms with Crippen molar-refractivity contribution in [1.82, 2.24) is 0 Å². The summed E-state index contributed by atoms with van der Waals surface area (Å²) in [5, 5.41) is 14.1. The minimum absolute atomic E-state index is 0.0122. The molecule has 0 aromatic heterocycles. The van der Waals surface area contributed by atoms with Crippen molar-refractivity contribution in [3.8, 4) is 0 Å². The van der Waals surface area contributed by atoms with Gasteiger partial charge in [-0.2, -0.15) is 0 Å². The van der Waals surface area contributed by atoms with E-state index < -0.39 is 5.97 Å². The first-order valence-electron chi connectivity index (χ1n) is 9.92. The maximum atomic E-state index is 12.4. The van der Waals surface area contributed by atoms with Crippen molar-refractivity contribution in [1.29, 1.82) is 0 Å². The lowest BCUT2D eigenvalue weighted by Gasteiger charge is -2.68. The van der Waals surface area contributed by atoms with Gasteiger partial charge in [-0.3, -0.25) is 4.79 Å². The third-order valence-electron chi connectivity index (χ3n) is 9.11. The maximum absolute atomic E-state index is 12.4. The number of likely N-dealkylation sites (N-methyl/N-ethyl adjacent to an activating group) is 1. The minimum Gasteiger partial charge on any atom is -0.481 e. The van der Waals surface area contributed by atoms with Crippen LogP contribution >= 0.6 is 0 Å². The number of rotatable bonds is 1. The van der Waals surface area contributed by atoms with Crippen LogP contribution in [0.25, 0.3) is 0 Å². The molecule has 6 atom stereocenters. The summed E-state index contributed by atoms with van der Waals surface area (Å²) in [6.07, 6.45) is 6.74. The molecule has 4 heteroatoms. The number of para-hydroxylation sites is 1. The molecular weight excluding hydrogens is 312 g/mol. The smallest absolute Gasteiger partial charge is 0.308 e.